The molecule has 34 heavy (non-hydrogen) atoms. The van der Waals surface area contributed by atoms with Crippen molar-refractivity contribution in [1.82, 2.24) is 14.1 Å². The molecule has 3 aromatic heterocycles. The van der Waals surface area contributed by atoms with Gasteiger partial charge in [0.15, 0.2) is 0 Å². The Morgan fingerprint density at radius 1 is 0.676 bits per heavy atom. The number of aryl methyl sites for hydroxylation is 1. The highest BCUT2D eigenvalue weighted by molar-refractivity contribution is 6.18. The highest BCUT2D eigenvalue weighted by Crippen LogP contribution is 2.55. The van der Waals surface area contributed by atoms with Gasteiger partial charge >= 0.3 is 0 Å². The molecule has 0 saturated heterocycles. The third-order valence-electron chi connectivity index (χ3n) is 7.71. The number of anilines is 2. The molecule has 4 nitrogen and oxygen atoms in total. The first-order valence-corrected chi connectivity index (χ1v) is 11.8. The maximum atomic E-state index is 4.71. The van der Waals surface area contributed by atoms with Gasteiger partial charge < -0.3 is 9.47 Å². The minimum atomic E-state index is -0.145. The lowest BCUT2D eigenvalue weighted by Crippen LogP contribution is -2.32. The van der Waals surface area contributed by atoms with E-state index in [0.717, 1.165) is 5.82 Å². The molecule has 1 aliphatic rings. The molecule has 0 N–H and O–H groups in total. The molecule has 4 heterocycles. The van der Waals surface area contributed by atoms with E-state index in [9.17, 15) is 0 Å². The summed E-state index contributed by atoms with van der Waals surface area (Å²) in [7, 11) is 4.43. The average molecular weight is 443 g/mol. The Hall–Kier alpha value is -4.05. The van der Waals surface area contributed by atoms with Gasteiger partial charge in [-0.25, -0.2) is 4.98 Å². The van der Waals surface area contributed by atoms with Crippen LogP contribution in [0.1, 0.15) is 25.1 Å². The van der Waals surface area contributed by atoms with E-state index >= 15 is 0 Å². The predicted molar refractivity (Wildman–Crippen MR) is 142 cm³/mol. The fraction of sp³-hybridized carbons (Fsp3) is 0.167. The normalized spacial score (nSPS) is 14.6. The largest absolute Gasteiger partial charge is 0.345 e. The molecule has 166 valence electrons. The summed E-state index contributed by atoms with van der Waals surface area (Å²) in [6.45, 7) is 4.72. The molecule has 0 bridgehead atoms. The zero-order valence-corrected chi connectivity index (χ0v) is 19.9. The molecule has 0 saturated carbocycles. The monoisotopic (exact) mass is 442 g/mol. The van der Waals surface area contributed by atoms with Crippen molar-refractivity contribution in [2.75, 3.05) is 11.9 Å². The molecule has 0 atom stereocenters. The number of aromatic nitrogens is 3. The van der Waals surface area contributed by atoms with Crippen LogP contribution in [-0.2, 0) is 12.5 Å². The van der Waals surface area contributed by atoms with E-state index in [4.69, 9.17) is 4.98 Å². The van der Waals surface area contributed by atoms with E-state index in [0.29, 0.717) is 0 Å². The summed E-state index contributed by atoms with van der Waals surface area (Å²) in [6, 6.07) is 28.2. The number of rotatable bonds is 1. The van der Waals surface area contributed by atoms with Crippen molar-refractivity contribution < 1.29 is 0 Å². The second kappa shape index (κ2) is 6.51. The molecule has 6 aromatic rings. The summed E-state index contributed by atoms with van der Waals surface area (Å²) in [6.07, 6.45) is 1.87. The van der Waals surface area contributed by atoms with Crippen LogP contribution in [0.4, 0.5) is 11.4 Å². The molecule has 0 radical (unpaired) electrons. The fourth-order valence-electron chi connectivity index (χ4n) is 6.30. The quantitative estimate of drug-likeness (QED) is 0.272. The number of hydrogen-bond acceptors (Lipinski definition) is 2. The number of hydrogen-bond donors (Lipinski definition) is 0. The molecule has 1 aliphatic heterocycles. The highest BCUT2D eigenvalue weighted by Gasteiger charge is 2.40. The first kappa shape index (κ1) is 19.4. The SMILES string of the molecule is CN1c2c(n(C)c3ccccc23)C(C)(C)c2ccc3c(c21)c1ccccc1n3-c1ccccn1. The van der Waals surface area contributed by atoms with Crippen molar-refractivity contribution in [3.63, 3.8) is 0 Å². The van der Waals surface area contributed by atoms with Crippen molar-refractivity contribution in [3.05, 3.63) is 96.3 Å². The van der Waals surface area contributed by atoms with Crippen molar-refractivity contribution in [2.45, 2.75) is 19.3 Å². The minimum Gasteiger partial charge on any atom is -0.345 e. The first-order valence-electron chi connectivity index (χ1n) is 11.8. The average Bonchev–Trinajstić information content (AvgIpc) is 3.36. The Bertz CT molecular complexity index is 1750. The van der Waals surface area contributed by atoms with E-state index in [2.05, 4.69) is 115 Å². The summed E-state index contributed by atoms with van der Waals surface area (Å²) >= 11 is 0. The lowest BCUT2D eigenvalue weighted by molar-refractivity contribution is 0.582. The first-order chi connectivity index (χ1) is 16.5. The molecular formula is C30H26N4. The highest BCUT2D eigenvalue weighted by atomic mass is 15.2. The molecule has 0 amide bonds. The van der Waals surface area contributed by atoms with Crippen LogP contribution >= 0.6 is 0 Å². The number of pyridine rings is 1. The minimum absolute atomic E-state index is 0.145. The fourth-order valence-corrected chi connectivity index (χ4v) is 6.30. The van der Waals surface area contributed by atoms with Crippen LogP contribution in [0.5, 0.6) is 0 Å². The zero-order valence-electron chi connectivity index (χ0n) is 19.9. The van der Waals surface area contributed by atoms with Crippen molar-refractivity contribution >= 4 is 44.1 Å². The summed E-state index contributed by atoms with van der Waals surface area (Å²) in [5.41, 5.74) is 8.79. The third kappa shape index (κ3) is 2.25. The zero-order chi connectivity index (χ0) is 23.2. The number of nitrogens with zero attached hydrogens (tertiary/aromatic N) is 4. The molecule has 0 unspecified atom stereocenters. The van der Waals surface area contributed by atoms with Crippen molar-refractivity contribution in [2.24, 2.45) is 7.05 Å². The molecule has 0 fully saturated rings. The van der Waals surface area contributed by atoms with E-state index in [1.165, 1.54) is 55.3 Å². The van der Waals surface area contributed by atoms with Crippen LogP contribution in [0, 0.1) is 0 Å². The van der Waals surface area contributed by atoms with Gasteiger partial charge in [-0.05, 0) is 35.9 Å². The lowest BCUT2D eigenvalue weighted by Gasteiger charge is -2.40. The Labute approximate surface area is 198 Å². The van der Waals surface area contributed by atoms with Crippen LogP contribution in [-0.4, -0.2) is 21.2 Å². The van der Waals surface area contributed by atoms with Gasteiger partial charge in [-0.15, -0.1) is 0 Å². The van der Waals surface area contributed by atoms with Crippen molar-refractivity contribution in [1.29, 1.82) is 0 Å². The Kier molecular flexibility index (Phi) is 3.72. The maximum Gasteiger partial charge on any atom is 0.137 e. The topological polar surface area (TPSA) is 26.0 Å². The number of para-hydroxylation sites is 2. The van der Waals surface area contributed by atoms with E-state index < -0.39 is 0 Å². The van der Waals surface area contributed by atoms with Crippen LogP contribution < -0.4 is 4.90 Å². The van der Waals surface area contributed by atoms with Gasteiger partial charge in [-0.3, -0.25) is 4.57 Å². The summed E-state index contributed by atoms with van der Waals surface area (Å²) in [5.74, 6) is 0.942. The number of benzene rings is 3. The Balaban J connectivity index is 1.66. The smallest absolute Gasteiger partial charge is 0.137 e. The predicted octanol–water partition coefficient (Wildman–Crippen LogP) is 7.08. The maximum absolute atomic E-state index is 4.71. The van der Waals surface area contributed by atoms with Crippen molar-refractivity contribution in [3.8, 4) is 5.82 Å². The van der Waals surface area contributed by atoms with Gasteiger partial charge in [0.1, 0.15) is 5.82 Å². The molecular weight excluding hydrogens is 416 g/mol. The lowest BCUT2D eigenvalue weighted by atomic mass is 9.76. The Morgan fingerprint density at radius 3 is 2.15 bits per heavy atom. The van der Waals surface area contributed by atoms with Crippen LogP contribution in [0.25, 0.3) is 38.5 Å². The molecule has 0 aliphatic carbocycles. The van der Waals surface area contributed by atoms with Crippen LogP contribution in [0.3, 0.4) is 0 Å². The summed E-state index contributed by atoms with van der Waals surface area (Å²) in [5, 5.41) is 3.84. The van der Waals surface area contributed by atoms with E-state index in [1.54, 1.807) is 0 Å². The van der Waals surface area contributed by atoms with Gasteiger partial charge in [-0.2, -0.15) is 0 Å². The third-order valence-corrected chi connectivity index (χ3v) is 7.71. The van der Waals surface area contributed by atoms with E-state index in [1.807, 2.05) is 12.3 Å². The molecule has 4 heteroatoms. The summed E-state index contributed by atoms with van der Waals surface area (Å²) < 4.78 is 4.68. The van der Waals surface area contributed by atoms with Gasteiger partial charge in [0, 0.05) is 41.9 Å². The van der Waals surface area contributed by atoms with Gasteiger partial charge in [0.05, 0.1) is 33.6 Å². The Morgan fingerprint density at radius 2 is 1.38 bits per heavy atom. The van der Waals surface area contributed by atoms with Crippen LogP contribution in [0.2, 0.25) is 0 Å². The molecule has 0 spiro atoms. The molecule has 3 aromatic carbocycles. The van der Waals surface area contributed by atoms with Crippen LogP contribution in [0.15, 0.2) is 85.1 Å². The van der Waals surface area contributed by atoms with Gasteiger partial charge in [0.25, 0.3) is 0 Å². The number of fused-ring (bicyclic) bond motifs is 8. The standard InChI is InChI=1S/C30H26N4/c1-30(2)21-16-17-24-26(19-11-5-8-14-23(19)34(24)25-15-9-10-18-31-25)28(21)33(4)27-20-12-6-7-13-22(20)32(3)29(27)30/h5-18H,1-4H3. The van der Waals surface area contributed by atoms with Gasteiger partial charge in [0.2, 0.25) is 0 Å². The molecule has 7 rings (SSSR count). The second-order valence-corrected chi connectivity index (χ2v) is 9.85. The van der Waals surface area contributed by atoms with Gasteiger partial charge in [-0.1, -0.05) is 62.4 Å². The summed E-state index contributed by atoms with van der Waals surface area (Å²) in [4.78, 5) is 7.13. The van der Waals surface area contributed by atoms with E-state index in [-0.39, 0.29) is 5.41 Å². The second-order valence-electron chi connectivity index (χ2n) is 9.85.